The molecule has 0 radical (unpaired) electrons. The van der Waals surface area contributed by atoms with Crippen LogP contribution >= 0.6 is 15.9 Å². The number of alkyl halides is 1. The maximum atomic E-state index is 3.64. The normalized spacial score (nSPS) is 11.6. The minimum absolute atomic E-state index is 0. The van der Waals surface area contributed by atoms with Crippen molar-refractivity contribution in [2.75, 3.05) is 32.0 Å². The molecular formula is C24H51Br2N. The molecule has 0 bridgehead atoms. The maximum absolute atomic E-state index is 3.64. The molecule has 166 valence electrons. The van der Waals surface area contributed by atoms with E-state index in [1.165, 1.54) is 133 Å². The Morgan fingerprint density at radius 2 is 0.778 bits per heavy atom. The van der Waals surface area contributed by atoms with Crippen LogP contribution in [0.2, 0.25) is 0 Å². The lowest BCUT2D eigenvalue weighted by atomic mass is 10.1. The Labute approximate surface area is 191 Å². The lowest BCUT2D eigenvalue weighted by Gasteiger charge is -2.35. The van der Waals surface area contributed by atoms with Crippen LogP contribution in [0.4, 0.5) is 0 Å². The topological polar surface area (TPSA) is 0 Å². The quantitative estimate of drug-likeness (QED) is 0.108. The molecular weight excluding hydrogens is 462 g/mol. The Hall–Kier alpha value is 0.920. The van der Waals surface area contributed by atoms with Crippen molar-refractivity contribution in [1.29, 1.82) is 0 Å². The van der Waals surface area contributed by atoms with E-state index in [0.29, 0.717) is 0 Å². The van der Waals surface area contributed by atoms with Crippen molar-refractivity contribution >= 4 is 15.9 Å². The summed E-state index contributed by atoms with van der Waals surface area (Å²) < 4.78 is 1.32. The molecule has 0 rings (SSSR count). The summed E-state index contributed by atoms with van der Waals surface area (Å²) in [5, 5.41) is 1.16. The van der Waals surface area contributed by atoms with E-state index in [2.05, 4.69) is 36.8 Å². The van der Waals surface area contributed by atoms with Gasteiger partial charge in [-0.05, 0) is 25.7 Å². The van der Waals surface area contributed by atoms with Crippen molar-refractivity contribution in [2.24, 2.45) is 0 Å². The minimum atomic E-state index is 0. The lowest BCUT2D eigenvalue weighted by molar-refractivity contribution is -0.910. The fourth-order valence-corrected chi connectivity index (χ4v) is 4.28. The Kier molecular flexibility index (Phi) is 25.9. The van der Waals surface area contributed by atoms with Crippen LogP contribution in [0.15, 0.2) is 0 Å². The van der Waals surface area contributed by atoms with Gasteiger partial charge < -0.3 is 21.5 Å². The third-order valence-corrected chi connectivity index (χ3v) is 6.50. The highest BCUT2D eigenvalue weighted by Gasteiger charge is 2.19. The standard InChI is InChI=1S/C24H51BrN.BrH/c1-4-6-8-10-12-14-16-18-22-26(3,24-20-21-25)23-19-17-15-13-11-9-7-5-2;/h4-24H2,1-3H3;1H/q+1;/p-1. The molecule has 1 nitrogen and oxygen atoms in total. The van der Waals surface area contributed by atoms with Crippen molar-refractivity contribution in [3.8, 4) is 0 Å². The number of rotatable bonds is 21. The largest absolute Gasteiger partial charge is 1.00 e. The van der Waals surface area contributed by atoms with Gasteiger partial charge in [-0.15, -0.1) is 0 Å². The van der Waals surface area contributed by atoms with Gasteiger partial charge in [-0.25, -0.2) is 0 Å². The first-order chi connectivity index (χ1) is 12.7. The van der Waals surface area contributed by atoms with Crippen LogP contribution in [0.1, 0.15) is 123 Å². The highest BCUT2D eigenvalue weighted by atomic mass is 79.9. The molecule has 0 aliphatic carbocycles. The van der Waals surface area contributed by atoms with Gasteiger partial charge in [-0.1, -0.05) is 107 Å². The average Bonchev–Trinajstić information content (AvgIpc) is 2.64. The average molecular weight is 513 g/mol. The van der Waals surface area contributed by atoms with Crippen LogP contribution < -0.4 is 17.0 Å². The summed E-state index contributed by atoms with van der Waals surface area (Å²) in [6.07, 6.45) is 24.3. The van der Waals surface area contributed by atoms with Crippen LogP contribution in [-0.2, 0) is 0 Å². The summed E-state index contributed by atoms with van der Waals surface area (Å²) in [5.74, 6) is 0. The van der Waals surface area contributed by atoms with E-state index in [4.69, 9.17) is 0 Å². The second-order valence-electron chi connectivity index (χ2n) is 8.78. The van der Waals surface area contributed by atoms with Crippen LogP contribution in [0, 0.1) is 0 Å². The summed E-state index contributed by atoms with van der Waals surface area (Å²) in [4.78, 5) is 0. The van der Waals surface area contributed by atoms with Crippen LogP contribution in [0.3, 0.4) is 0 Å². The summed E-state index contributed by atoms with van der Waals surface area (Å²) in [7, 11) is 2.52. The zero-order chi connectivity index (χ0) is 19.3. The van der Waals surface area contributed by atoms with Crippen molar-refractivity contribution in [1.82, 2.24) is 0 Å². The summed E-state index contributed by atoms with van der Waals surface area (Å²) in [6.45, 7) is 8.77. The monoisotopic (exact) mass is 511 g/mol. The molecule has 0 heterocycles. The molecule has 0 atom stereocenters. The predicted octanol–water partition coefficient (Wildman–Crippen LogP) is 5.50. The molecule has 0 aromatic heterocycles. The van der Waals surface area contributed by atoms with Gasteiger partial charge in [0.1, 0.15) is 0 Å². The van der Waals surface area contributed by atoms with Crippen LogP contribution in [-0.4, -0.2) is 36.5 Å². The first-order valence-electron chi connectivity index (χ1n) is 12.1. The molecule has 0 unspecified atom stereocenters. The van der Waals surface area contributed by atoms with E-state index in [9.17, 15) is 0 Å². The van der Waals surface area contributed by atoms with Gasteiger partial charge in [0.15, 0.2) is 0 Å². The van der Waals surface area contributed by atoms with Crippen molar-refractivity contribution < 1.29 is 21.5 Å². The first-order valence-corrected chi connectivity index (χ1v) is 13.2. The predicted molar refractivity (Wildman–Crippen MR) is 124 cm³/mol. The first kappa shape index (κ1) is 30.1. The molecule has 0 aliphatic rings. The molecule has 0 saturated heterocycles. The van der Waals surface area contributed by atoms with E-state index in [-0.39, 0.29) is 17.0 Å². The molecule has 27 heavy (non-hydrogen) atoms. The SMILES string of the molecule is CCCCCCCCCC[N+](C)(CCCBr)CCCCCCCCCC.[Br-]. The van der Waals surface area contributed by atoms with Gasteiger partial charge in [-0.3, -0.25) is 0 Å². The molecule has 0 aliphatic heterocycles. The van der Waals surface area contributed by atoms with E-state index in [1.807, 2.05) is 0 Å². The maximum Gasteiger partial charge on any atom is 0.0792 e. The molecule has 0 fully saturated rings. The fraction of sp³-hybridized carbons (Fsp3) is 1.00. The second-order valence-corrected chi connectivity index (χ2v) is 9.58. The minimum Gasteiger partial charge on any atom is -1.00 e. The zero-order valence-corrected chi connectivity index (χ0v) is 22.2. The summed E-state index contributed by atoms with van der Waals surface area (Å²) in [6, 6.07) is 0. The number of nitrogens with zero attached hydrogens (tertiary/aromatic N) is 1. The van der Waals surface area contributed by atoms with Crippen LogP contribution in [0.5, 0.6) is 0 Å². The molecule has 0 saturated carbocycles. The Balaban J connectivity index is 0. The van der Waals surface area contributed by atoms with Gasteiger partial charge in [0.2, 0.25) is 0 Å². The Morgan fingerprint density at radius 3 is 1.11 bits per heavy atom. The molecule has 0 aromatic carbocycles. The summed E-state index contributed by atoms with van der Waals surface area (Å²) >= 11 is 3.64. The second kappa shape index (κ2) is 23.2. The lowest BCUT2D eigenvalue weighted by Crippen LogP contribution is -3.00. The zero-order valence-electron chi connectivity index (χ0n) is 19.1. The highest BCUT2D eigenvalue weighted by molar-refractivity contribution is 9.09. The Bertz CT molecular complexity index is 251. The van der Waals surface area contributed by atoms with Gasteiger partial charge in [0.25, 0.3) is 0 Å². The van der Waals surface area contributed by atoms with E-state index in [0.717, 1.165) is 5.33 Å². The van der Waals surface area contributed by atoms with Crippen molar-refractivity contribution in [2.45, 2.75) is 123 Å². The molecule has 3 heteroatoms. The third kappa shape index (κ3) is 21.4. The summed E-state index contributed by atoms with van der Waals surface area (Å²) in [5.41, 5.74) is 0. The molecule has 0 aromatic rings. The van der Waals surface area contributed by atoms with E-state index < -0.39 is 0 Å². The fourth-order valence-electron chi connectivity index (χ4n) is 4.03. The number of halogens is 2. The van der Waals surface area contributed by atoms with E-state index in [1.54, 1.807) is 0 Å². The van der Waals surface area contributed by atoms with Gasteiger partial charge in [-0.2, -0.15) is 0 Å². The van der Waals surface area contributed by atoms with E-state index >= 15 is 0 Å². The number of unbranched alkanes of at least 4 members (excludes halogenated alkanes) is 14. The number of hydrogen-bond acceptors (Lipinski definition) is 0. The molecule has 0 spiro atoms. The number of quaternary nitrogens is 1. The molecule has 0 N–H and O–H groups in total. The Morgan fingerprint density at radius 1 is 0.481 bits per heavy atom. The van der Waals surface area contributed by atoms with Gasteiger partial charge >= 0.3 is 0 Å². The van der Waals surface area contributed by atoms with Gasteiger partial charge in [0.05, 0.1) is 26.7 Å². The van der Waals surface area contributed by atoms with Crippen molar-refractivity contribution in [3.05, 3.63) is 0 Å². The molecule has 0 amide bonds. The smallest absolute Gasteiger partial charge is 0.0792 e. The highest BCUT2D eigenvalue weighted by Crippen LogP contribution is 2.15. The number of hydrogen-bond donors (Lipinski definition) is 0. The van der Waals surface area contributed by atoms with Gasteiger partial charge in [0, 0.05) is 11.8 Å². The third-order valence-electron chi connectivity index (χ3n) is 5.93. The van der Waals surface area contributed by atoms with Crippen LogP contribution in [0.25, 0.3) is 0 Å². The van der Waals surface area contributed by atoms with Crippen molar-refractivity contribution in [3.63, 3.8) is 0 Å².